The number of aromatic nitrogens is 8. The molecule has 1 aliphatic rings. The van der Waals surface area contributed by atoms with Gasteiger partial charge in [0.1, 0.15) is 11.5 Å². The van der Waals surface area contributed by atoms with E-state index in [1.165, 1.54) is 0 Å². The van der Waals surface area contributed by atoms with Gasteiger partial charge in [0, 0.05) is 36.9 Å². The Morgan fingerprint density at radius 1 is 1.16 bits per heavy atom. The molecular formula is C25H26N10O2. The average Bonchev–Trinajstić information content (AvgIpc) is 3.65. The SMILES string of the molecule is [C-]#[N+]c1[nH]nc2ncc(Oc3cnc4nc(Nc5cc(C(C)(C)C)n([C@H]6CCOC6)n5)n(C)c4c3)cc12. The first-order valence-corrected chi connectivity index (χ1v) is 12.0. The summed E-state index contributed by atoms with van der Waals surface area (Å²) < 4.78 is 15.6. The highest BCUT2D eigenvalue weighted by Gasteiger charge is 2.28. The monoisotopic (exact) mass is 498 g/mol. The second-order valence-corrected chi connectivity index (χ2v) is 10.1. The predicted octanol–water partition coefficient (Wildman–Crippen LogP) is 4.78. The molecule has 188 valence electrons. The molecule has 0 spiro atoms. The lowest BCUT2D eigenvalue weighted by atomic mass is 9.91. The van der Waals surface area contributed by atoms with Crippen LogP contribution in [0.25, 0.3) is 27.0 Å². The molecular weight excluding hydrogens is 472 g/mol. The fourth-order valence-corrected chi connectivity index (χ4v) is 4.49. The van der Waals surface area contributed by atoms with Crippen molar-refractivity contribution in [3.8, 4) is 11.5 Å². The van der Waals surface area contributed by atoms with Crippen LogP contribution in [0.4, 0.5) is 17.6 Å². The molecule has 1 aliphatic heterocycles. The molecule has 6 heterocycles. The topological polar surface area (TPSA) is 125 Å². The molecule has 1 atom stereocenters. The molecule has 0 bridgehead atoms. The van der Waals surface area contributed by atoms with Gasteiger partial charge in [-0.15, -0.1) is 0 Å². The van der Waals surface area contributed by atoms with Crippen LogP contribution >= 0.6 is 0 Å². The number of aryl methyl sites for hydroxylation is 1. The first kappa shape index (κ1) is 22.9. The van der Waals surface area contributed by atoms with Gasteiger partial charge in [-0.2, -0.15) is 10.1 Å². The minimum atomic E-state index is -0.0699. The van der Waals surface area contributed by atoms with E-state index in [1.54, 1.807) is 18.5 Å². The number of rotatable bonds is 5. The number of nitrogens with one attached hydrogen (secondary N) is 2. The first-order valence-electron chi connectivity index (χ1n) is 12.0. The number of imidazole rings is 1. The maximum Gasteiger partial charge on any atom is 0.259 e. The summed E-state index contributed by atoms with van der Waals surface area (Å²) in [6.45, 7) is 15.2. The van der Waals surface area contributed by atoms with Gasteiger partial charge in [0.15, 0.2) is 17.1 Å². The van der Waals surface area contributed by atoms with E-state index in [-0.39, 0.29) is 11.5 Å². The van der Waals surface area contributed by atoms with Crippen LogP contribution in [0.1, 0.15) is 38.9 Å². The van der Waals surface area contributed by atoms with Crippen LogP contribution in [-0.2, 0) is 17.2 Å². The maximum absolute atomic E-state index is 7.27. The fraction of sp³-hybridized carbons (Fsp3) is 0.360. The highest BCUT2D eigenvalue weighted by molar-refractivity contribution is 5.88. The Morgan fingerprint density at radius 2 is 1.95 bits per heavy atom. The van der Waals surface area contributed by atoms with Gasteiger partial charge < -0.3 is 24.2 Å². The molecule has 0 radical (unpaired) electrons. The Labute approximate surface area is 212 Å². The van der Waals surface area contributed by atoms with Gasteiger partial charge in [-0.05, 0) is 12.5 Å². The molecule has 37 heavy (non-hydrogen) atoms. The smallest absolute Gasteiger partial charge is 0.259 e. The lowest BCUT2D eigenvalue weighted by molar-refractivity contribution is 0.183. The van der Waals surface area contributed by atoms with Crippen LogP contribution in [0.3, 0.4) is 0 Å². The average molecular weight is 499 g/mol. The summed E-state index contributed by atoms with van der Waals surface area (Å²) >= 11 is 0. The van der Waals surface area contributed by atoms with E-state index >= 15 is 0 Å². The highest BCUT2D eigenvalue weighted by atomic mass is 16.5. The standard InChI is InChI=1S/C25H26N10O2/c1-25(2,3)19-10-20(33-35(19)14-6-7-36-13-14)29-24-30-23-18(34(24)5)9-16(12-28-23)37-15-8-17-21(26-4)31-32-22(17)27-11-15/h8-12,14H,6-7,13H2,1-3,5H3,(H,27,31,32)(H,28,29,30,33)/t14-/m0/s1. The minimum absolute atomic E-state index is 0.0699. The van der Waals surface area contributed by atoms with Crippen LogP contribution in [0, 0.1) is 6.57 Å². The number of nitrogens with zero attached hydrogens (tertiary/aromatic N) is 8. The minimum Gasteiger partial charge on any atom is -0.454 e. The Balaban J connectivity index is 1.29. The zero-order valence-electron chi connectivity index (χ0n) is 21.0. The molecule has 12 heteroatoms. The van der Waals surface area contributed by atoms with Gasteiger partial charge in [0.05, 0.1) is 35.9 Å². The van der Waals surface area contributed by atoms with E-state index in [2.05, 4.69) is 66.8 Å². The van der Waals surface area contributed by atoms with Gasteiger partial charge in [-0.25, -0.2) is 15.1 Å². The van der Waals surface area contributed by atoms with Gasteiger partial charge in [-0.1, -0.05) is 32.4 Å². The highest BCUT2D eigenvalue weighted by Crippen LogP contribution is 2.33. The number of H-pyrrole nitrogens is 1. The molecule has 6 rings (SSSR count). The van der Waals surface area contributed by atoms with Crippen molar-refractivity contribution in [3.05, 3.63) is 47.7 Å². The van der Waals surface area contributed by atoms with E-state index in [1.807, 2.05) is 17.7 Å². The number of hydrogen-bond donors (Lipinski definition) is 2. The summed E-state index contributed by atoms with van der Waals surface area (Å²) in [6, 6.07) is 5.91. The number of fused-ring (bicyclic) bond motifs is 2. The third-order valence-corrected chi connectivity index (χ3v) is 6.42. The largest absolute Gasteiger partial charge is 0.454 e. The van der Waals surface area contributed by atoms with Crippen LogP contribution in [-0.4, -0.2) is 52.7 Å². The molecule has 0 amide bonds. The number of hydrogen-bond acceptors (Lipinski definition) is 8. The summed E-state index contributed by atoms with van der Waals surface area (Å²) in [4.78, 5) is 16.8. The molecule has 0 saturated carbocycles. The van der Waals surface area contributed by atoms with Crippen LogP contribution in [0.5, 0.6) is 11.5 Å². The lowest BCUT2D eigenvalue weighted by Crippen LogP contribution is -2.22. The zero-order chi connectivity index (χ0) is 25.7. The number of ether oxygens (including phenoxy) is 2. The Hall–Kier alpha value is -4.50. The van der Waals surface area contributed by atoms with Crippen molar-refractivity contribution in [1.29, 1.82) is 0 Å². The van der Waals surface area contributed by atoms with Gasteiger partial charge in [-0.3, -0.25) is 4.68 Å². The number of pyridine rings is 2. The lowest BCUT2D eigenvalue weighted by Gasteiger charge is -2.22. The first-order chi connectivity index (χ1) is 17.8. The van der Waals surface area contributed by atoms with E-state index in [4.69, 9.17) is 21.1 Å². The van der Waals surface area contributed by atoms with Crippen molar-refractivity contribution in [2.24, 2.45) is 7.05 Å². The summed E-state index contributed by atoms with van der Waals surface area (Å²) in [7, 11) is 1.91. The number of aromatic amines is 1. The molecule has 0 unspecified atom stereocenters. The third-order valence-electron chi connectivity index (χ3n) is 6.42. The van der Waals surface area contributed by atoms with E-state index < -0.39 is 0 Å². The second kappa shape index (κ2) is 8.56. The summed E-state index contributed by atoms with van der Waals surface area (Å²) in [5, 5.41) is 15.5. The van der Waals surface area contributed by atoms with Crippen molar-refractivity contribution >= 4 is 39.8 Å². The Bertz CT molecular complexity index is 1660. The fourth-order valence-electron chi connectivity index (χ4n) is 4.49. The zero-order valence-corrected chi connectivity index (χ0v) is 21.0. The predicted molar refractivity (Wildman–Crippen MR) is 137 cm³/mol. The third kappa shape index (κ3) is 4.13. The van der Waals surface area contributed by atoms with Crippen LogP contribution in [0.2, 0.25) is 0 Å². The molecule has 0 aliphatic carbocycles. The molecule has 12 nitrogen and oxygen atoms in total. The number of anilines is 2. The molecule has 5 aromatic heterocycles. The van der Waals surface area contributed by atoms with Gasteiger partial charge >= 0.3 is 0 Å². The quantitative estimate of drug-likeness (QED) is 0.332. The van der Waals surface area contributed by atoms with Gasteiger partial charge in [0.25, 0.3) is 5.82 Å². The van der Waals surface area contributed by atoms with Crippen molar-refractivity contribution in [3.63, 3.8) is 0 Å². The van der Waals surface area contributed by atoms with E-state index in [0.717, 1.165) is 30.1 Å². The molecule has 5 aromatic rings. The normalized spacial score (nSPS) is 15.9. The van der Waals surface area contributed by atoms with E-state index in [0.29, 0.717) is 46.6 Å². The maximum atomic E-state index is 7.27. The molecule has 1 saturated heterocycles. The molecule has 1 fully saturated rings. The van der Waals surface area contributed by atoms with E-state index in [9.17, 15) is 0 Å². The summed E-state index contributed by atoms with van der Waals surface area (Å²) in [5.41, 5.74) is 2.91. The van der Waals surface area contributed by atoms with Crippen molar-refractivity contribution in [2.75, 3.05) is 18.5 Å². The summed E-state index contributed by atoms with van der Waals surface area (Å²) in [6.07, 6.45) is 4.13. The van der Waals surface area contributed by atoms with Crippen LogP contribution < -0.4 is 10.1 Å². The molecule has 0 aromatic carbocycles. The van der Waals surface area contributed by atoms with Crippen molar-refractivity contribution < 1.29 is 9.47 Å². The van der Waals surface area contributed by atoms with Gasteiger partial charge in [0.2, 0.25) is 5.95 Å². The Morgan fingerprint density at radius 3 is 2.68 bits per heavy atom. The molecule has 2 N–H and O–H groups in total. The Kier molecular flexibility index (Phi) is 5.31. The van der Waals surface area contributed by atoms with Crippen molar-refractivity contribution in [2.45, 2.75) is 38.6 Å². The summed E-state index contributed by atoms with van der Waals surface area (Å²) in [5.74, 6) is 2.67. The van der Waals surface area contributed by atoms with Crippen LogP contribution in [0.15, 0.2) is 30.6 Å². The van der Waals surface area contributed by atoms with Crippen molar-refractivity contribution in [1.82, 2.24) is 39.5 Å². The second-order valence-electron chi connectivity index (χ2n) is 10.1.